The van der Waals surface area contributed by atoms with Crippen molar-refractivity contribution < 1.29 is 9.53 Å². The molecule has 1 saturated carbocycles. The number of carbonyl (C=O) groups excluding carboxylic acids is 1. The molecule has 1 aliphatic heterocycles. The average molecular weight is 629 g/mol. The largest absolute Gasteiger partial charge is 0.459 e. The highest BCUT2D eigenvalue weighted by Crippen LogP contribution is 2.59. The van der Waals surface area contributed by atoms with Gasteiger partial charge in [0.1, 0.15) is 6.10 Å². The summed E-state index contributed by atoms with van der Waals surface area (Å²) in [6.45, 7) is 7.80. The van der Waals surface area contributed by atoms with Crippen LogP contribution in [0.1, 0.15) is 56.4 Å². The van der Waals surface area contributed by atoms with Crippen LogP contribution in [0.4, 0.5) is 0 Å². The Kier molecular flexibility index (Phi) is 9.58. The molecule has 1 aromatic carbocycles. The van der Waals surface area contributed by atoms with Crippen LogP contribution in [0.3, 0.4) is 0 Å². The summed E-state index contributed by atoms with van der Waals surface area (Å²) in [7, 11) is 0. The molecule has 2 heterocycles. The van der Waals surface area contributed by atoms with Gasteiger partial charge in [-0.2, -0.15) is 0 Å². The summed E-state index contributed by atoms with van der Waals surface area (Å²) in [5, 5.41) is 6.46. The fraction of sp³-hybridized carbons (Fsp3) is 0.607. The molecule has 4 atom stereocenters. The molecule has 1 aromatic heterocycles. The van der Waals surface area contributed by atoms with Crippen LogP contribution in [0.5, 0.6) is 0 Å². The van der Waals surface area contributed by atoms with E-state index in [-0.39, 0.29) is 17.5 Å². The highest BCUT2D eigenvalue weighted by Gasteiger charge is 2.58. The molecule has 3 unspecified atom stereocenters. The first-order valence-electron chi connectivity index (χ1n) is 12.9. The van der Waals surface area contributed by atoms with E-state index in [0.29, 0.717) is 12.5 Å². The van der Waals surface area contributed by atoms with Crippen LogP contribution in [0, 0.1) is 11.3 Å². The number of carbonyl (C=O) groups is 1. The van der Waals surface area contributed by atoms with Crippen molar-refractivity contribution in [2.45, 2.75) is 64.0 Å². The van der Waals surface area contributed by atoms with Gasteiger partial charge in [0.05, 0.1) is 0 Å². The first-order chi connectivity index (χ1) is 16.9. The van der Waals surface area contributed by atoms with Crippen molar-refractivity contribution in [1.29, 1.82) is 0 Å². The smallest absolute Gasteiger partial charge is 0.332 e. The minimum absolute atomic E-state index is 0.0815. The molecule has 1 aliphatic carbocycles. The predicted octanol–water partition coefficient (Wildman–Crippen LogP) is 6.70. The summed E-state index contributed by atoms with van der Waals surface area (Å²) in [6.07, 6.45) is 6.50. The van der Waals surface area contributed by atoms with Gasteiger partial charge in [0, 0.05) is 26.3 Å². The molecule has 2 fully saturated rings. The van der Waals surface area contributed by atoms with Gasteiger partial charge in [-0.05, 0) is 93.7 Å². The van der Waals surface area contributed by atoms with Crippen molar-refractivity contribution in [3.05, 3.63) is 57.2 Å². The summed E-state index contributed by atoms with van der Waals surface area (Å²) in [5.41, 5.74) is 0.575. The van der Waals surface area contributed by atoms with E-state index in [0.717, 1.165) is 66.1 Å². The molecule has 1 saturated heterocycles. The van der Waals surface area contributed by atoms with Gasteiger partial charge in [-0.1, -0.05) is 65.7 Å². The Morgan fingerprint density at radius 2 is 2.09 bits per heavy atom. The number of nitrogens with one attached hydrogen (secondary N) is 1. The predicted molar refractivity (Wildman–Crippen MR) is 155 cm³/mol. The number of rotatable bonds is 12. The number of halogens is 2. The first kappa shape index (κ1) is 27.4. The van der Waals surface area contributed by atoms with Crippen molar-refractivity contribution in [2.24, 2.45) is 11.3 Å². The van der Waals surface area contributed by atoms with Crippen molar-refractivity contribution >= 4 is 51.5 Å². The van der Waals surface area contributed by atoms with Crippen LogP contribution in [0.2, 0.25) is 5.02 Å². The number of nitrogens with zero attached hydrogens (tertiary/aromatic N) is 1. The molecule has 2 aromatic rings. The SMILES string of the molecule is CC1CC1(CCI)[C@H](CNCCc1cccc(Cl)c1)OC(=O)C(C)(c1cccs1)N1CCCCC1. The third-order valence-corrected chi connectivity index (χ3v) is 10.0. The number of ether oxygens (including phenoxy) is 1. The minimum atomic E-state index is -0.725. The fourth-order valence-corrected chi connectivity index (χ4v) is 7.81. The Labute approximate surface area is 233 Å². The van der Waals surface area contributed by atoms with E-state index < -0.39 is 5.54 Å². The molecule has 1 N–H and O–H groups in total. The Bertz CT molecular complexity index is 968. The van der Waals surface area contributed by atoms with E-state index >= 15 is 0 Å². The van der Waals surface area contributed by atoms with Gasteiger partial charge in [-0.15, -0.1) is 11.3 Å². The molecule has 192 valence electrons. The summed E-state index contributed by atoms with van der Waals surface area (Å²) >= 11 is 10.3. The molecule has 4 nitrogen and oxygen atoms in total. The quantitative estimate of drug-likeness (QED) is 0.123. The fourth-order valence-electron chi connectivity index (χ4n) is 5.69. The molecule has 0 radical (unpaired) electrons. The van der Waals surface area contributed by atoms with Crippen molar-refractivity contribution in [3.8, 4) is 0 Å². The molecule has 0 spiro atoms. The van der Waals surface area contributed by atoms with Gasteiger partial charge in [-0.3, -0.25) is 4.90 Å². The molecule has 0 bridgehead atoms. The lowest BCUT2D eigenvalue weighted by Gasteiger charge is -2.42. The van der Waals surface area contributed by atoms with E-state index in [9.17, 15) is 4.79 Å². The highest BCUT2D eigenvalue weighted by atomic mass is 127. The highest BCUT2D eigenvalue weighted by molar-refractivity contribution is 14.1. The van der Waals surface area contributed by atoms with Crippen LogP contribution < -0.4 is 5.32 Å². The summed E-state index contributed by atoms with van der Waals surface area (Å²) in [6, 6.07) is 12.2. The lowest BCUT2D eigenvalue weighted by atomic mass is 9.91. The average Bonchev–Trinajstić information content (AvgIpc) is 3.23. The minimum Gasteiger partial charge on any atom is -0.459 e. The summed E-state index contributed by atoms with van der Waals surface area (Å²) < 4.78 is 7.63. The van der Waals surface area contributed by atoms with Gasteiger partial charge >= 0.3 is 5.97 Å². The molecule has 7 heteroatoms. The lowest BCUT2D eigenvalue weighted by Crippen LogP contribution is -2.54. The Balaban J connectivity index is 1.48. The topological polar surface area (TPSA) is 41.6 Å². The molecule has 0 amide bonds. The van der Waals surface area contributed by atoms with E-state index in [4.69, 9.17) is 16.3 Å². The van der Waals surface area contributed by atoms with Crippen LogP contribution in [0.25, 0.3) is 0 Å². The maximum Gasteiger partial charge on any atom is 0.332 e. The summed E-state index contributed by atoms with van der Waals surface area (Å²) in [5.74, 6) is 0.489. The van der Waals surface area contributed by atoms with E-state index in [1.54, 1.807) is 11.3 Å². The second kappa shape index (κ2) is 12.2. The van der Waals surface area contributed by atoms with Crippen molar-refractivity contribution in [3.63, 3.8) is 0 Å². The summed E-state index contributed by atoms with van der Waals surface area (Å²) in [4.78, 5) is 17.5. The number of esters is 1. The van der Waals surface area contributed by atoms with Gasteiger partial charge in [0.2, 0.25) is 0 Å². The Morgan fingerprint density at radius 3 is 2.71 bits per heavy atom. The van der Waals surface area contributed by atoms with Gasteiger partial charge in [-0.25, -0.2) is 4.79 Å². The second-order valence-corrected chi connectivity index (χ2v) is 12.8. The molecular weight excluding hydrogens is 591 g/mol. The molecule has 2 aliphatic rings. The van der Waals surface area contributed by atoms with Crippen molar-refractivity contribution in [1.82, 2.24) is 10.2 Å². The number of alkyl halides is 1. The maximum atomic E-state index is 14.0. The van der Waals surface area contributed by atoms with E-state index in [2.05, 4.69) is 64.2 Å². The van der Waals surface area contributed by atoms with E-state index in [1.807, 2.05) is 24.3 Å². The van der Waals surface area contributed by atoms with E-state index in [1.165, 1.54) is 12.0 Å². The number of likely N-dealkylation sites (tertiary alicyclic amines) is 1. The zero-order chi connectivity index (χ0) is 24.9. The van der Waals surface area contributed by atoms with Crippen LogP contribution in [-0.2, 0) is 21.5 Å². The van der Waals surface area contributed by atoms with Crippen LogP contribution >= 0.6 is 45.5 Å². The first-order valence-corrected chi connectivity index (χ1v) is 15.7. The van der Waals surface area contributed by atoms with Gasteiger partial charge < -0.3 is 10.1 Å². The lowest BCUT2D eigenvalue weighted by molar-refractivity contribution is -0.168. The number of thiophene rings is 1. The third-order valence-electron chi connectivity index (χ3n) is 8.15. The van der Waals surface area contributed by atoms with Crippen molar-refractivity contribution in [2.75, 3.05) is 30.6 Å². The Hall–Kier alpha value is -0.670. The monoisotopic (exact) mass is 628 g/mol. The molecular formula is C28H38ClIN2O2S. The van der Waals surface area contributed by atoms with Crippen LogP contribution in [0.15, 0.2) is 41.8 Å². The number of hydrogen-bond donors (Lipinski definition) is 1. The number of benzene rings is 1. The maximum absolute atomic E-state index is 14.0. The number of hydrogen-bond acceptors (Lipinski definition) is 5. The zero-order valence-corrected chi connectivity index (χ0v) is 24.6. The molecule has 35 heavy (non-hydrogen) atoms. The zero-order valence-electron chi connectivity index (χ0n) is 20.9. The standard InChI is InChI=1S/C28H38ClIN2O2S/c1-21-19-28(21,12-13-30)24(20-31-14-11-22-8-6-9-23(29)18-22)34-26(33)27(2,25-10-7-17-35-25)32-15-4-3-5-16-32/h6-10,17-18,21,24,31H,3-5,11-16,19-20H2,1-2H3/t21?,24-,27?,28?/m0/s1. The molecule has 4 rings (SSSR count). The Morgan fingerprint density at radius 1 is 1.31 bits per heavy atom. The van der Waals surface area contributed by atoms with Crippen LogP contribution in [-0.4, -0.2) is 47.6 Å². The van der Waals surface area contributed by atoms with Gasteiger partial charge in [0.25, 0.3) is 0 Å². The third kappa shape index (κ3) is 6.25. The second-order valence-electron chi connectivity index (χ2n) is 10.4. The van der Waals surface area contributed by atoms with Gasteiger partial charge in [0.15, 0.2) is 5.54 Å². The normalized spacial score (nSPS) is 25.1. The number of piperidine rings is 1.